The molecule has 3 rings (SSSR count). The molecule has 0 unspecified atom stereocenters. The van der Waals surface area contributed by atoms with Gasteiger partial charge in [-0.25, -0.2) is 4.79 Å². The van der Waals surface area contributed by atoms with Gasteiger partial charge >= 0.3 is 5.69 Å². The fourth-order valence-corrected chi connectivity index (χ4v) is 4.47. The highest BCUT2D eigenvalue weighted by Crippen LogP contribution is 2.31. The molecule has 2 aliphatic heterocycles. The Labute approximate surface area is 166 Å². The van der Waals surface area contributed by atoms with Gasteiger partial charge in [-0.1, -0.05) is 13.8 Å². The molecule has 0 spiro atoms. The van der Waals surface area contributed by atoms with Gasteiger partial charge in [-0.3, -0.25) is 14.2 Å². The summed E-state index contributed by atoms with van der Waals surface area (Å²) in [4.78, 5) is 45.3. The van der Waals surface area contributed by atoms with Crippen molar-refractivity contribution >= 4 is 11.8 Å². The van der Waals surface area contributed by atoms with Crippen LogP contribution in [0.2, 0.25) is 0 Å². The van der Waals surface area contributed by atoms with Gasteiger partial charge in [0.2, 0.25) is 11.8 Å². The van der Waals surface area contributed by atoms with Crippen molar-refractivity contribution in [3.63, 3.8) is 0 Å². The number of carbonyl (C=O) groups is 2. The zero-order valence-corrected chi connectivity index (χ0v) is 17.5. The van der Waals surface area contributed by atoms with E-state index in [-0.39, 0.29) is 30.1 Å². The number of nitrogens with zero attached hydrogens (tertiary/aromatic N) is 4. The zero-order valence-electron chi connectivity index (χ0n) is 17.5. The molecule has 2 amide bonds. The molecule has 0 saturated carbocycles. The number of rotatable bonds is 5. The number of hydrogen-bond donors (Lipinski definition) is 0. The highest BCUT2D eigenvalue weighted by molar-refractivity contribution is 5.78. The third-order valence-electron chi connectivity index (χ3n) is 6.08. The van der Waals surface area contributed by atoms with Gasteiger partial charge in [0, 0.05) is 43.5 Å². The van der Waals surface area contributed by atoms with Gasteiger partial charge in [0.05, 0.1) is 0 Å². The summed E-state index contributed by atoms with van der Waals surface area (Å²) >= 11 is 0. The summed E-state index contributed by atoms with van der Waals surface area (Å²) in [6.07, 6.45) is 3.25. The van der Waals surface area contributed by atoms with Crippen molar-refractivity contribution in [2.24, 2.45) is 11.8 Å². The lowest BCUT2D eigenvalue weighted by atomic mass is 9.83. The van der Waals surface area contributed by atoms with Crippen LogP contribution in [0, 0.1) is 25.7 Å². The first-order valence-corrected chi connectivity index (χ1v) is 10.4. The first kappa shape index (κ1) is 20.6. The van der Waals surface area contributed by atoms with Crippen LogP contribution in [0.1, 0.15) is 50.9 Å². The summed E-state index contributed by atoms with van der Waals surface area (Å²) in [7, 11) is 0. The first-order valence-electron chi connectivity index (χ1n) is 10.4. The average molecular weight is 389 g/mol. The molecule has 0 N–H and O–H groups in total. The Kier molecular flexibility index (Phi) is 6.20. The van der Waals surface area contributed by atoms with Crippen molar-refractivity contribution in [1.29, 1.82) is 0 Å². The maximum atomic E-state index is 12.9. The quantitative estimate of drug-likeness (QED) is 0.770. The maximum Gasteiger partial charge on any atom is 0.348 e. The lowest BCUT2D eigenvalue weighted by molar-refractivity contribution is -0.144. The van der Waals surface area contributed by atoms with Gasteiger partial charge in [0.25, 0.3) is 0 Å². The van der Waals surface area contributed by atoms with E-state index in [0.29, 0.717) is 37.0 Å². The Hall–Kier alpha value is -2.18. The number of carbonyl (C=O) groups excluding carboxylic acids is 2. The molecule has 0 aromatic carbocycles. The highest BCUT2D eigenvalue weighted by atomic mass is 16.2. The van der Waals surface area contributed by atoms with Gasteiger partial charge in [0.15, 0.2) is 0 Å². The molecule has 0 bridgehead atoms. The van der Waals surface area contributed by atoms with Crippen LogP contribution in [0.25, 0.3) is 0 Å². The van der Waals surface area contributed by atoms with Crippen molar-refractivity contribution in [2.45, 2.75) is 66.0 Å². The molecule has 2 aliphatic rings. The van der Waals surface area contributed by atoms with Crippen molar-refractivity contribution in [2.75, 3.05) is 19.6 Å². The molecule has 3 heterocycles. The molecule has 2 atom stereocenters. The monoisotopic (exact) mass is 388 g/mol. The number of amides is 2. The molecule has 0 radical (unpaired) electrons. The molecule has 1 aromatic rings. The first-order chi connectivity index (χ1) is 13.3. The molecule has 0 aliphatic carbocycles. The SMILES string of the molecule is Cc1cc(C)n(CC(=O)N2CC[C@@H]3[C@@H](CCC(=O)N3CCC(C)C)C2)c(=O)n1. The third-order valence-corrected chi connectivity index (χ3v) is 6.08. The number of piperidine rings is 2. The minimum atomic E-state index is -0.371. The topological polar surface area (TPSA) is 75.5 Å². The van der Waals surface area contributed by atoms with Gasteiger partial charge in [0.1, 0.15) is 6.54 Å². The largest absolute Gasteiger partial charge is 0.348 e. The van der Waals surface area contributed by atoms with Gasteiger partial charge < -0.3 is 9.80 Å². The van der Waals surface area contributed by atoms with Crippen LogP contribution in [-0.4, -0.2) is 56.8 Å². The summed E-state index contributed by atoms with van der Waals surface area (Å²) in [5.41, 5.74) is 1.05. The second kappa shape index (κ2) is 8.45. The van der Waals surface area contributed by atoms with Crippen LogP contribution < -0.4 is 5.69 Å². The normalized spacial score (nSPS) is 22.5. The zero-order chi connectivity index (χ0) is 20.4. The summed E-state index contributed by atoms with van der Waals surface area (Å²) in [6.45, 7) is 10.1. The summed E-state index contributed by atoms with van der Waals surface area (Å²) in [5.74, 6) is 1.12. The predicted octanol–water partition coefficient (Wildman–Crippen LogP) is 1.75. The van der Waals surface area contributed by atoms with Crippen molar-refractivity contribution in [3.8, 4) is 0 Å². The second-order valence-corrected chi connectivity index (χ2v) is 8.67. The summed E-state index contributed by atoms with van der Waals surface area (Å²) in [6, 6.07) is 2.06. The fourth-order valence-electron chi connectivity index (χ4n) is 4.47. The molecule has 1 aromatic heterocycles. The van der Waals surface area contributed by atoms with E-state index in [2.05, 4.69) is 23.7 Å². The Bertz CT molecular complexity index is 801. The molecule has 7 nitrogen and oxygen atoms in total. The number of aromatic nitrogens is 2. The second-order valence-electron chi connectivity index (χ2n) is 8.67. The number of aryl methyl sites for hydroxylation is 2. The number of fused-ring (bicyclic) bond motifs is 1. The van der Waals surface area contributed by atoms with Crippen molar-refractivity contribution < 1.29 is 9.59 Å². The molecule has 154 valence electrons. The van der Waals surface area contributed by atoms with E-state index >= 15 is 0 Å². The summed E-state index contributed by atoms with van der Waals surface area (Å²) in [5, 5.41) is 0. The minimum absolute atomic E-state index is 0.0331. The Morgan fingerprint density at radius 1 is 1.25 bits per heavy atom. The third kappa shape index (κ3) is 4.45. The Morgan fingerprint density at radius 3 is 2.68 bits per heavy atom. The lowest BCUT2D eigenvalue weighted by Crippen LogP contribution is -2.57. The molecule has 7 heteroatoms. The van der Waals surface area contributed by atoms with E-state index in [0.717, 1.165) is 31.5 Å². The Morgan fingerprint density at radius 2 is 2.00 bits per heavy atom. The molecular formula is C21H32N4O3. The molecule has 2 saturated heterocycles. The number of hydrogen-bond acceptors (Lipinski definition) is 4. The van der Waals surface area contributed by atoms with Crippen LogP contribution >= 0.6 is 0 Å². The highest BCUT2D eigenvalue weighted by Gasteiger charge is 2.40. The van der Waals surface area contributed by atoms with E-state index < -0.39 is 0 Å². The number of likely N-dealkylation sites (tertiary alicyclic amines) is 2. The van der Waals surface area contributed by atoms with E-state index in [4.69, 9.17) is 0 Å². The molecular weight excluding hydrogens is 356 g/mol. The summed E-state index contributed by atoms with van der Waals surface area (Å²) < 4.78 is 1.45. The van der Waals surface area contributed by atoms with Gasteiger partial charge in [-0.15, -0.1) is 0 Å². The van der Waals surface area contributed by atoms with E-state index in [9.17, 15) is 14.4 Å². The van der Waals surface area contributed by atoms with E-state index in [1.165, 1.54) is 4.57 Å². The van der Waals surface area contributed by atoms with Gasteiger partial charge in [-0.2, -0.15) is 4.98 Å². The lowest BCUT2D eigenvalue weighted by Gasteiger charge is -2.47. The van der Waals surface area contributed by atoms with E-state index in [1.54, 1.807) is 6.92 Å². The maximum absolute atomic E-state index is 12.9. The Balaban J connectivity index is 1.65. The van der Waals surface area contributed by atoms with Crippen LogP contribution in [0.4, 0.5) is 0 Å². The van der Waals surface area contributed by atoms with Crippen LogP contribution in [0.3, 0.4) is 0 Å². The fraction of sp³-hybridized carbons (Fsp3) is 0.714. The standard InChI is InChI=1S/C21H32N4O3/c1-14(2)7-10-24-18-8-9-23(12-17(18)5-6-19(24)26)20(27)13-25-16(4)11-15(3)22-21(25)28/h11,14,17-18H,5-10,12-13H2,1-4H3/t17-,18+/m0/s1. The minimum Gasteiger partial charge on any atom is -0.341 e. The molecule has 2 fully saturated rings. The molecule has 28 heavy (non-hydrogen) atoms. The van der Waals surface area contributed by atoms with Crippen molar-refractivity contribution in [1.82, 2.24) is 19.4 Å². The van der Waals surface area contributed by atoms with Crippen LogP contribution in [0.15, 0.2) is 10.9 Å². The van der Waals surface area contributed by atoms with Crippen molar-refractivity contribution in [3.05, 3.63) is 27.9 Å². The average Bonchev–Trinajstić information content (AvgIpc) is 2.63. The smallest absolute Gasteiger partial charge is 0.341 e. The van der Waals surface area contributed by atoms with E-state index in [1.807, 2.05) is 17.9 Å². The van der Waals surface area contributed by atoms with Crippen LogP contribution in [0.5, 0.6) is 0 Å². The predicted molar refractivity (Wildman–Crippen MR) is 107 cm³/mol. The van der Waals surface area contributed by atoms with Gasteiger partial charge in [-0.05, 0) is 51.0 Å². The van der Waals surface area contributed by atoms with Crippen LogP contribution in [-0.2, 0) is 16.1 Å².